The van der Waals surface area contributed by atoms with E-state index in [1.807, 2.05) is 36.4 Å². The molecule has 1 heterocycles. The van der Waals surface area contributed by atoms with E-state index in [0.29, 0.717) is 17.9 Å². The number of hydrogen-bond donors (Lipinski definition) is 1. The summed E-state index contributed by atoms with van der Waals surface area (Å²) in [6.07, 6.45) is 1.57. The van der Waals surface area contributed by atoms with Crippen molar-refractivity contribution in [2.75, 3.05) is 11.9 Å². The molecule has 4 rings (SSSR count). The first kappa shape index (κ1) is 23.7. The van der Waals surface area contributed by atoms with E-state index in [9.17, 15) is 18.8 Å². The summed E-state index contributed by atoms with van der Waals surface area (Å²) < 4.78 is 20.0. The Morgan fingerprint density at radius 3 is 2.62 bits per heavy atom. The van der Waals surface area contributed by atoms with Crippen LogP contribution < -0.4 is 10.1 Å². The highest BCUT2D eigenvalue weighted by Crippen LogP contribution is 2.35. The molecule has 0 saturated carbocycles. The molecule has 0 spiro atoms. The predicted octanol–water partition coefficient (Wildman–Crippen LogP) is 5.84. The Labute approximate surface area is 207 Å². The number of nitrogens with one attached hydrogen (secondary N) is 1. The fourth-order valence-electron chi connectivity index (χ4n) is 3.19. The molecule has 1 aliphatic heterocycles. The van der Waals surface area contributed by atoms with Crippen molar-refractivity contribution in [2.24, 2.45) is 0 Å². The second-order valence-corrected chi connectivity index (χ2v) is 9.19. The Morgan fingerprint density at radius 1 is 1.06 bits per heavy atom. The number of benzene rings is 3. The zero-order valence-corrected chi connectivity index (χ0v) is 20.1. The average Bonchev–Trinajstić information content (AvgIpc) is 3.06. The van der Waals surface area contributed by atoms with Gasteiger partial charge in [-0.05, 0) is 59.8 Å². The number of anilines is 1. The van der Waals surface area contributed by atoms with Gasteiger partial charge in [-0.15, -0.1) is 0 Å². The highest BCUT2D eigenvalue weighted by Gasteiger charge is 2.36. The van der Waals surface area contributed by atoms with Crippen LogP contribution in [0, 0.1) is 5.82 Å². The molecule has 1 N–H and O–H groups in total. The van der Waals surface area contributed by atoms with Crippen LogP contribution in [-0.4, -0.2) is 28.5 Å². The molecule has 34 heavy (non-hydrogen) atoms. The predicted molar refractivity (Wildman–Crippen MR) is 133 cm³/mol. The lowest BCUT2D eigenvalue weighted by Crippen LogP contribution is -2.36. The molecule has 3 aromatic carbocycles. The van der Waals surface area contributed by atoms with Crippen molar-refractivity contribution in [3.05, 3.63) is 99.1 Å². The number of carbonyl (C=O) groups is 3. The number of nitrogens with zero attached hydrogens (tertiary/aromatic N) is 1. The molecular formula is C25H18BrFN2O4S. The molecule has 1 aliphatic rings. The van der Waals surface area contributed by atoms with Crippen LogP contribution >= 0.6 is 27.7 Å². The molecule has 0 bridgehead atoms. The second-order valence-electron chi connectivity index (χ2n) is 7.28. The summed E-state index contributed by atoms with van der Waals surface area (Å²) in [7, 11) is 0. The van der Waals surface area contributed by atoms with E-state index >= 15 is 0 Å². The van der Waals surface area contributed by atoms with Crippen molar-refractivity contribution in [2.45, 2.75) is 6.61 Å². The van der Waals surface area contributed by atoms with Gasteiger partial charge in [0, 0.05) is 15.7 Å². The van der Waals surface area contributed by atoms with Crippen molar-refractivity contribution in [1.82, 2.24) is 4.90 Å². The molecule has 172 valence electrons. The zero-order valence-electron chi connectivity index (χ0n) is 17.7. The molecule has 0 radical (unpaired) electrons. The van der Waals surface area contributed by atoms with E-state index in [1.54, 1.807) is 18.2 Å². The maximum absolute atomic E-state index is 13.3. The summed E-state index contributed by atoms with van der Waals surface area (Å²) in [6, 6.07) is 20.4. The molecule has 0 atom stereocenters. The number of carbonyl (C=O) groups excluding carboxylic acids is 3. The van der Waals surface area contributed by atoms with Crippen LogP contribution in [0.2, 0.25) is 0 Å². The van der Waals surface area contributed by atoms with E-state index in [1.165, 1.54) is 18.2 Å². The van der Waals surface area contributed by atoms with E-state index in [-0.39, 0.29) is 10.6 Å². The number of imide groups is 1. The average molecular weight is 541 g/mol. The number of hydrogen-bond acceptors (Lipinski definition) is 5. The minimum absolute atomic E-state index is 0.172. The quantitative estimate of drug-likeness (QED) is 0.381. The number of ether oxygens (including phenoxy) is 1. The largest absolute Gasteiger partial charge is 0.488 e. The van der Waals surface area contributed by atoms with Gasteiger partial charge in [0.1, 0.15) is 24.7 Å². The fourth-order valence-corrected chi connectivity index (χ4v) is 4.39. The van der Waals surface area contributed by atoms with Crippen LogP contribution in [-0.2, 0) is 16.2 Å². The lowest BCUT2D eigenvalue weighted by atomic mass is 10.1. The molecule has 1 saturated heterocycles. The van der Waals surface area contributed by atoms with Gasteiger partial charge in [-0.25, -0.2) is 4.39 Å². The highest BCUT2D eigenvalue weighted by molar-refractivity contribution is 9.10. The van der Waals surface area contributed by atoms with Crippen LogP contribution in [0.5, 0.6) is 5.75 Å². The van der Waals surface area contributed by atoms with Gasteiger partial charge in [-0.3, -0.25) is 19.3 Å². The van der Waals surface area contributed by atoms with Gasteiger partial charge >= 0.3 is 0 Å². The second kappa shape index (κ2) is 10.7. The first-order valence-corrected chi connectivity index (χ1v) is 11.8. The minimum atomic E-state index is -0.608. The fraction of sp³-hybridized carbons (Fsp3) is 0.0800. The number of halogens is 2. The lowest BCUT2D eigenvalue weighted by molar-refractivity contribution is -0.127. The van der Waals surface area contributed by atoms with Gasteiger partial charge in [0.2, 0.25) is 5.91 Å². The third-order valence-corrected chi connectivity index (χ3v) is 6.18. The van der Waals surface area contributed by atoms with Crippen molar-refractivity contribution in [1.29, 1.82) is 0 Å². The SMILES string of the molecule is O=C(CN1C(=O)S/C(=C/c2cc(Br)ccc2OCc2ccccc2)C1=O)Nc1cccc(F)c1. The number of thioether (sulfide) groups is 1. The van der Waals surface area contributed by atoms with Gasteiger partial charge in [-0.1, -0.05) is 52.3 Å². The van der Waals surface area contributed by atoms with Gasteiger partial charge in [0.15, 0.2) is 0 Å². The highest BCUT2D eigenvalue weighted by atomic mass is 79.9. The first-order valence-electron chi connectivity index (χ1n) is 10.2. The molecule has 0 aromatic heterocycles. The van der Waals surface area contributed by atoms with Crippen LogP contribution in [0.3, 0.4) is 0 Å². The van der Waals surface area contributed by atoms with Gasteiger partial charge in [-0.2, -0.15) is 0 Å². The third-order valence-electron chi connectivity index (χ3n) is 4.78. The Balaban J connectivity index is 1.48. The van der Waals surface area contributed by atoms with E-state index in [2.05, 4.69) is 21.2 Å². The minimum Gasteiger partial charge on any atom is -0.488 e. The molecule has 3 aromatic rings. The summed E-state index contributed by atoms with van der Waals surface area (Å²) in [6.45, 7) is -0.139. The molecule has 0 unspecified atom stereocenters. The zero-order chi connectivity index (χ0) is 24.1. The first-order chi connectivity index (χ1) is 16.4. The topological polar surface area (TPSA) is 75.7 Å². The van der Waals surface area contributed by atoms with Gasteiger partial charge < -0.3 is 10.1 Å². The van der Waals surface area contributed by atoms with Gasteiger partial charge in [0.25, 0.3) is 11.1 Å². The number of rotatable bonds is 7. The standard InChI is InChI=1S/C25H18BrFN2O4S/c26-18-9-10-21(33-15-16-5-2-1-3-6-16)17(11-18)12-22-24(31)29(25(32)34-22)14-23(30)28-20-8-4-7-19(27)13-20/h1-13H,14-15H2,(H,28,30)/b22-12+. The molecule has 3 amide bonds. The summed E-state index contributed by atoms with van der Waals surface area (Å²) in [4.78, 5) is 38.6. The van der Waals surface area contributed by atoms with E-state index < -0.39 is 29.4 Å². The summed E-state index contributed by atoms with van der Waals surface area (Å²) in [5.74, 6) is -1.16. The molecule has 6 nitrogen and oxygen atoms in total. The molecule has 1 fully saturated rings. The van der Waals surface area contributed by atoms with E-state index in [0.717, 1.165) is 32.8 Å². The normalized spacial score (nSPS) is 14.5. The Morgan fingerprint density at radius 2 is 1.85 bits per heavy atom. The monoisotopic (exact) mass is 540 g/mol. The summed E-state index contributed by atoms with van der Waals surface area (Å²) in [5.41, 5.74) is 1.84. The van der Waals surface area contributed by atoms with Crippen molar-refractivity contribution in [3.63, 3.8) is 0 Å². The number of amides is 3. The van der Waals surface area contributed by atoms with Crippen LogP contribution in [0.4, 0.5) is 14.9 Å². The van der Waals surface area contributed by atoms with Crippen LogP contribution in [0.1, 0.15) is 11.1 Å². The summed E-state index contributed by atoms with van der Waals surface area (Å²) in [5, 5.41) is 1.92. The van der Waals surface area contributed by atoms with Crippen LogP contribution in [0.15, 0.2) is 82.2 Å². The molecule has 0 aliphatic carbocycles. The molecular weight excluding hydrogens is 523 g/mol. The van der Waals surface area contributed by atoms with E-state index in [4.69, 9.17) is 4.74 Å². The van der Waals surface area contributed by atoms with Crippen molar-refractivity contribution < 1.29 is 23.5 Å². The summed E-state index contributed by atoms with van der Waals surface area (Å²) >= 11 is 4.16. The maximum Gasteiger partial charge on any atom is 0.294 e. The lowest BCUT2D eigenvalue weighted by Gasteiger charge is -2.13. The Kier molecular flexibility index (Phi) is 7.44. The maximum atomic E-state index is 13.3. The molecule has 9 heteroatoms. The van der Waals surface area contributed by atoms with Crippen molar-refractivity contribution in [3.8, 4) is 5.75 Å². The smallest absolute Gasteiger partial charge is 0.294 e. The Bertz CT molecular complexity index is 1280. The van der Waals surface area contributed by atoms with Gasteiger partial charge in [0.05, 0.1) is 4.91 Å². The third kappa shape index (κ3) is 5.92. The Hall–Kier alpha value is -3.43. The van der Waals surface area contributed by atoms with Crippen LogP contribution in [0.25, 0.3) is 6.08 Å². The van der Waals surface area contributed by atoms with Crippen molar-refractivity contribution >= 4 is 56.5 Å².